The van der Waals surface area contributed by atoms with Crippen molar-refractivity contribution in [3.8, 4) is 0 Å². The van der Waals surface area contributed by atoms with Gasteiger partial charge in [0.05, 0.1) is 0 Å². The normalized spacial score (nSPS) is 14.1. The third-order valence-corrected chi connectivity index (χ3v) is 1.72. The number of alkyl halides is 1. The minimum absolute atomic E-state index is 0. The van der Waals surface area contributed by atoms with Crippen molar-refractivity contribution in [3.05, 3.63) is 0 Å². The fraction of sp³-hybridized carbons (Fsp3) is 1.00. The first-order valence-electron chi connectivity index (χ1n) is 2.14. The van der Waals surface area contributed by atoms with Crippen molar-refractivity contribution in [2.75, 3.05) is 0 Å². The molecule has 0 aliphatic rings. The average molecular weight is 165 g/mol. The molecule has 0 rings (SSSR count). The number of hydrogen-bond acceptors (Lipinski definition) is 2. The van der Waals surface area contributed by atoms with E-state index in [2.05, 4.69) is 5.14 Å². The molecule has 0 aromatic carbocycles. The van der Waals surface area contributed by atoms with Gasteiger partial charge < -0.3 is 1.43 Å². The molecule has 0 spiro atoms. The van der Waals surface area contributed by atoms with Crippen molar-refractivity contribution in [2.45, 2.75) is 18.8 Å². The van der Waals surface area contributed by atoms with Crippen LogP contribution in [-0.2, 0) is 10.0 Å². The van der Waals surface area contributed by atoms with Crippen LogP contribution in [0.5, 0.6) is 0 Å². The van der Waals surface area contributed by atoms with Gasteiger partial charge in [-0.15, -0.1) is 0 Å². The van der Waals surface area contributed by atoms with E-state index in [0.717, 1.165) is 0 Å². The maximum absolute atomic E-state index is 11.9. The Morgan fingerprint density at radius 1 is 1.78 bits per heavy atom. The molecule has 2 N–H and O–H groups in total. The molecule has 0 aromatic heterocycles. The van der Waals surface area contributed by atoms with Crippen LogP contribution in [0.25, 0.3) is 0 Å². The van der Waals surface area contributed by atoms with E-state index in [9.17, 15) is 12.8 Å². The van der Waals surface area contributed by atoms with Gasteiger partial charge in [0.2, 0.25) is 15.5 Å². The number of rotatable bonds is 2. The molecular weight excluding hydrogens is 156 g/mol. The predicted octanol–water partition coefficient (Wildman–Crippen LogP) is -2.90. The number of halogens is 1. The average Bonchev–Trinajstić information content (AvgIpc) is 1.62. The Bertz CT molecular complexity index is 162. The van der Waals surface area contributed by atoms with Crippen LogP contribution in [0.3, 0.4) is 0 Å². The zero-order valence-corrected chi connectivity index (χ0v) is 8.28. The maximum Gasteiger partial charge on any atom is 1.00 e. The van der Waals surface area contributed by atoms with E-state index in [1.807, 2.05) is 0 Å². The number of primary sulfonamides is 1. The van der Waals surface area contributed by atoms with Crippen molar-refractivity contribution >= 4 is 10.0 Å². The summed E-state index contributed by atoms with van der Waals surface area (Å²) in [5, 5.41) is 4.39. The van der Waals surface area contributed by atoms with E-state index >= 15 is 0 Å². The van der Waals surface area contributed by atoms with Gasteiger partial charge in [-0.2, -0.15) is 0 Å². The van der Waals surface area contributed by atoms with Gasteiger partial charge >= 0.3 is 29.6 Å². The maximum atomic E-state index is 11.9. The Morgan fingerprint density at radius 3 is 2.11 bits per heavy atom. The van der Waals surface area contributed by atoms with Gasteiger partial charge in [0.15, 0.2) is 0 Å². The Balaban J connectivity index is -0.000000245. The van der Waals surface area contributed by atoms with Crippen molar-refractivity contribution in [1.29, 1.82) is 0 Å². The number of sulfonamides is 1. The third kappa shape index (κ3) is 5.29. The van der Waals surface area contributed by atoms with E-state index in [1.165, 1.54) is 6.92 Å². The van der Waals surface area contributed by atoms with Crippen LogP contribution in [-0.4, -0.2) is 13.9 Å². The van der Waals surface area contributed by atoms with Crippen molar-refractivity contribution in [3.63, 3.8) is 0 Å². The quantitative estimate of drug-likeness (QED) is 0.446. The van der Waals surface area contributed by atoms with Crippen LogP contribution in [0.1, 0.15) is 14.8 Å². The smallest absolute Gasteiger partial charge is 1.00 e. The van der Waals surface area contributed by atoms with Gasteiger partial charge in [-0.1, -0.05) is 6.92 Å². The van der Waals surface area contributed by atoms with E-state index in [4.69, 9.17) is 0 Å². The molecule has 1 unspecified atom stereocenters. The summed E-state index contributed by atoms with van der Waals surface area (Å²) in [5.41, 5.74) is -1.90. The molecule has 9 heavy (non-hydrogen) atoms. The first-order chi connectivity index (χ1) is 3.48. The summed E-state index contributed by atoms with van der Waals surface area (Å²) in [6, 6.07) is 0. The number of hydrogen-bond donors (Lipinski definition) is 1. The monoisotopic (exact) mass is 165 g/mol. The minimum atomic E-state index is -3.92. The summed E-state index contributed by atoms with van der Waals surface area (Å²) < 4.78 is 31.9. The Morgan fingerprint density at radius 2 is 2.11 bits per heavy atom. The van der Waals surface area contributed by atoms with Crippen LogP contribution in [0, 0.1) is 0 Å². The largest absolute Gasteiger partial charge is 1.00 e. The van der Waals surface area contributed by atoms with Crippen LogP contribution in [0.4, 0.5) is 4.39 Å². The van der Waals surface area contributed by atoms with Crippen molar-refractivity contribution < 1.29 is 43.8 Å². The van der Waals surface area contributed by atoms with Gasteiger partial charge in [0.25, 0.3) is 0 Å². The first-order valence-corrected chi connectivity index (χ1v) is 3.75. The molecule has 0 bridgehead atoms. The topological polar surface area (TPSA) is 60.2 Å². The Labute approximate surface area is 77.6 Å². The SMILES string of the molecule is CCC(F)S(N)(=O)=O.[H-].[Na+]. The van der Waals surface area contributed by atoms with Crippen molar-refractivity contribution in [1.82, 2.24) is 0 Å². The second-order valence-electron chi connectivity index (χ2n) is 1.41. The van der Waals surface area contributed by atoms with Gasteiger partial charge in [0, 0.05) is 0 Å². The molecule has 0 aromatic rings. The summed E-state index contributed by atoms with van der Waals surface area (Å²) >= 11 is 0. The fourth-order valence-corrected chi connectivity index (χ4v) is 0.697. The molecular formula is C3H9FNNaO2S. The van der Waals surface area contributed by atoms with E-state index in [0.29, 0.717) is 0 Å². The molecule has 1 atom stereocenters. The van der Waals surface area contributed by atoms with Gasteiger partial charge in [-0.25, -0.2) is 17.9 Å². The summed E-state index contributed by atoms with van der Waals surface area (Å²) in [6.45, 7) is 1.41. The molecule has 6 heteroatoms. The molecule has 0 aliphatic carbocycles. The molecule has 0 saturated heterocycles. The van der Waals surface area contributed by atoms with Gasteiger partial charge in [0.1, 0.15) is 0 Å². The van der Waals surface area contributed by atoms with E-state index in [1.54, 1.807) is 0 Å². The summed E-state index contributed by atoms with van der Waals surface area (Å²) in [5.74, 6) is 0. The summed E-state index contributed by atoms with van der Waals surface area (Å²) in [6.07, 6.45) is -0.0845. The van der Waals surface area contributed by atoms with Crippen LogP contribution in [0.2, 0.25) is 0 Å². The molecule has 0 amide bonds. The zero-order valence-electron chi connectivity index (χ0n) is 6.46. The summed E-state index contributed by atoms with van der Waals surface area (Å²) in [4.78, 5) is 0. The molecule has 52 valence electrons. The van der Waals surface area contributed by atoms with Crippen molar-refractivity contribution in [2.24, 2.45) is 5.14 Å². The molecule has 0 saturated carbocycles. The van der Waals surface area contributed by atoms with E-state index in [-0.39, 0.29) is 37.4 Å². The van der Waals surface area contributed by atoms with Crippen LogP contribution in [0.15, 0.2) is 0 Å². The molecule has 0 radical (unpaired) electrons. The predicted molar refractivity (Wildman–Crippen MR) is 29.4 cm³/mol. The Hall–Kier alpha value is 0.840. The Kier molecular flexibility index (Phi) is 6.43. The second-order valence-corrected chi connectivity index (χ2v) is 3.10. The number of nitrogens with two attached hydrogens (primary N) is 1. The van der Waals surface area contributed by atoms with Gasteiger partial charge in [-0.3, -0.25) is 0 Å². The molecule has 0 fully saturated rings. The molecule has 3 nitrogen and oxygen atoms in total. The molecule has 0 aliphatic heterocycles. The fourth-order valence-electron chi connectivity index (χ4n) is 0.232. The zero-order chi connectivity index (χ0) is 6.78. The first kappa shape index (κ1) is 12.5. The molecule has 0 heterocycles. The second kappa shape index (κ2) is 4.62. The van der Waals surface area contributed by atoms with E-state index < -0.39 is 15.5 Å². The summed E-state index contributed by atoms with van der Waals surface area (Å²) in [7, 11) is -3.92. The minimum Gasteiger partial charge on any atom is -1.00 e. The third-order valence-electron chi connectivity index (χ3n) is 0.677. The van der Waals surface area contributed by atoms with Crippen LogP contribution < -0.4 is 34.7 Å². The standard InChI is InChI=1S/C3H8FNO2S.Na.H/c1-2-3(4)8(5,6)7;;/h3H,2H2,1H3,(H2,5,6,7);;/q;+1;-1. The van der Waals surface area contributed by atoms with Gasteiger partial charge in [-0.05, 0) is 6.42 Å². The van der Waals surface area contributed by atoms with Crippen LogP contribution >= 0.6 is 0 Å².